The highest BCUT2D eigenvalue weighted by molar-refractivity contribution is 4.95. The molecule has 0 spiro atoms. The number of halogens is 3. The van der Waals surface area contributed by atoms with Crippen LogP contribution in [0.3, 0.4) is 0 Å². The van der Waals surface area contributed by atoms with E-state index in [0.717, 1.165) is 32.5 Å². The Kier molecular flexibility index (Phi) is 7.59. The summed E-state index contributed by atoms with van der Waals surface area (Å²) < 4.78 is 35.9. The second kappa shape index (κ2) is 8.67. The van der Waals surface area contributed by atoms with Crippen LogP contribution >= 0.6 is 0 Å². The number of unbranched alkanes of at least 4 members (excludes halogenated alkanes) is 1. The third-order valence-corrected chi connectivity index (χ3v) is 3.67. The summed E-state index contributed by atoms with van der Waals surface area (Å²) in [6, 6.07) is 0.476. The molecule has 0 saturated carbocycles. The number of allylic oxidation sites excluding steroid dienone is 1. The number of hydrogen-bond acceptors (Lipinski definition) is 2. The van der Waals surface area contributed by atoms with Crippen LogP contribution in [0.25, 0.3) is 0 Å². The first-order chi connectivity index (χ1) is 9.37. The molecular weight excluding hydrogens is 265 g/mol. The van der Waals surface area contributed by atoms with Crippen LogP contribution in [0.15, 0.2) is 11.6 Å². The molecule has 1 aliphatic heterocycles. The first-order valence-electron chi connectivity index (χ1n) is 7.52. The number of nitrogens with one attached hydrogen (secondary N) is 1. The molecule has 0 atom stereocenters. The second-order valence-electron chi connectivity index (χ2n) is 5.88. The Morgan fingerprint density at radius 1 is 1.20 bits per heavy atom. The summed E-state index contributed by atoms with van der Waals surface area (Å²) >= 11 is 0. The first-order valence-corrected chi connectivity index (χ1v) is 7.52. The van der Waals surface area contributed by atoms with Crippen LogP contribution in [0.2, 0.25) is 0 Å². The van der Waals surface area contributed by atoms with Gasteiger partial charge in [0, 0.05) is 19.0 Å². The molecule has 0 aromatic heterocycles. The van der Waals surface area contributed by atoms with E-state index >= 15 is 0 Å². The van der Waals surface area contributed by atoms with Gasteiger partial charge in [-0.05, 0) is 59.2 Å². The van der Waals surface area contributed by atoms with Crippen LogP contribution in [0.1, 0.15) is 46.0 Å². The summed E-state index contributed by atoms with van der Waals surface area (Å²) in [7, 11) is 0. The maximum Gasteiger partial charge on any atom is 0.389 e. The molecule has 1 heterocycles. The summed E-state index contributed by atoms with van der Waals surface area (Å²) in [6.07, 6.45) is 0.607. The van der Waals surface area contributed by atoms with Crippen molar-refractivity contribution >= 4 is 0 Å². The predicted molar refractivity (Wildman–Crippen MR) is 76.8 cm³/mol. The fourth-order valence-electron chi connectivity index (χ4n) is 2.39. The molecule has 118 valence electrons. The summed E-state index contributed by atoms with van der Waals surface area (Å²) in [5.41, 5.74) is 1.34. The van der Waals surface area contributed by atoms with Gasteiger partial charge in [-0.15, -0.1) is 0 Å². The van der Waals surface area contributed by atoms with E-state index in [-0.39, 0.29) is 6.42 Å². The molecule has 20 heavy (non-hydrogen) atoms. The van der Waals surface area contributed by atoms with Gasteiger partial charge in [-0.2, -0.15) is 13.2 Å². The van der Waals surface area contributed by atoms with E-state index in [1.165, 1.54) is 5.57 Å². The molecule has 0 unspecified atom stereocenters. The van der Waals surface area contributed by atoms with Crippen LogP contribution in [0.5, 0.6) is 0 Å². The fraction of sp³-hybridized carbons (Fsp3) is 0.867. The van der Waals surface area contributed by atoms with Gasteiger partial charge < -0.3 is 5.32 Å². The van der Waals surface area contributed by atoms with E-state index in [4.69, 9.17) is 0 Å². The van der Waals surface area contributed by atoms with Gasteiger partial charge in [0.05, 0.1) is 0 Å². The molecule has 1 rings (SSSR count). The molecule has 0 aliphatic carbocycles. The van der Waals surface area contributed by atoms with Crippen LogP contribution in [-0.4, -0.2) is 43.3 Å². The quantitative estimate of drug-likeness (QED) is 0.568. The van der Waals surface area contributed by atoms with Crippen LogP contribution in [-0.2, 0) is 0 Å². The average molecular weight is 292 g/mol. The lowest BCUT2D eigenvalue weighted by Gasteiger charge is -2.31. The largest absolute Gasteiger partial charge is 0.389 e. The SMILES string of the molecule is CC(C)=CCN1CCC(NCCCCC(F)(F)F)CC1. The van der Waals surface area contributed by atoms with Gasteiger partial charge >= 0.3 is 6.18 Å². The van der Waals surface area contributed by atoms with Gasteiger partial charge in [0.2, 0.25) is 0 Å². The standard InChI is InChI=1S/C15H27F3N2/c1-13(2)5-10-20-11-6-14(7-12-20)19-9-4-3-8-15(16,17)18/h5,14,19H,3-4,6-12H2,1-2H3. The van der Waals surface area contributed by atoms with Gasteiger partial charge in [0.15, 0.2) is 0 Å². The highest BCUT2D eigenvalue weighted by atomic mass is 19.4. The molecule has 2 nitrogen and oxygen atoms in total. The number of likely N-dealkylation sites (tertiary alicyclic amines) is 1. The van der Waals surface area contributed by atoms with Crippen molar-refractivity contribution in [3.8, 4) is 0 Å². The third-order valence-electron chi connectivity index (χ3n) is 3.67. The highest BCUT2D eigenvalue weighted by Gasteiger charge is 2.25. The molecule has 5 heteroatoms. The minimum Gasteiger partial charge on any atom is -0.314 e. The first kappa shape index (κ1) is 17.5. The molecule has 0 radical (unpaired) electrons. The average Bonchev–Trinajstić information content (AvgIpc) is 2.36. The topological polar surface area (TPSA) is 15.3 Å². The van der Waals surface area contributed by atoms with E-state index in [2.05, 4.69) is 30.1 Å². The Morgan fingerprint density at radius 2 is 1.85 bits per heavy atom. The summed E-state index contributed by atoms with van der Waals surface area (Å²) in [5.74, 6) is 0. The molecule has 1 saturated heterocycles. The fourth-order valence-corrected chi connectivity index (χ4v) is 2.39. The lowest BCUT2D eigenvalue weighted by molar-refractivity contribution is -0.135. The summed E-state index contributed by atoms with van der Waals surface area (Å²) in [5, 5.41) is 3.38. The van der Waals surface area contributed by atoms with Gasteiger partial charge in [0.25, 0.3) is 0 Å². The third kappa shape index (κ3) is 8.59. The van der Waals surface area contributed by atoms with Gasteiger partial charge in [-0.25, -0.2) is 0 Å². The second-order valence-corrected chi connectivity index (χ2v) is 5.88. The number of rotatable bonds is 7. The Labute approximate surface area is 120 Å². The van der Waals surface area contributed by atoms with Crippen LogP contribution in [0, 0.1) is 0 Å². The molecule has 1 aliphatic rings. The van der Waals surface area contributed by atoms with Crippen molar-refractivity contribution in [2.45, 2.75) is 58.2 Å². The molecule has 1 fully saturated rings. The van der Waals surface area contributed by atoms with Crippen molar-refractivity contribution in [2.24, 2.45) is 0 Å². The minimum atomic E-state index is -4.00. The number of piperidine rings is 1. The lowest BCUT2D eigenvalue weighted by Crippen LogP contribution is -2.42. The Bertz CT molecular complexity index is 288. The van der Waals surface area contributed by atoms with Gasteiger partial charge in [-0.3, -0.25) is 4.90 Å². The highest BCUT2D eigenvalue weighted by Crippen LogP contribution is 2.22. The molecule has 0 aromatic rings. The maximum absolute atomic E-state index is 12.0. The van der Waals surface area contributed by atoms with Crippen molar-refractivity contribution in [3.63, 3.8) is 0 Å². The van der Waals surface area contributed by atoms with Crippen LogP contribution in [0.4, 0.5) is 13.2 Å². The zero-order valence-electron chi connectivity index (χ0n) is 12.6. The Morgan fingerprint density at radius 3 is 2.40 bits per heavy atom. The number of hydrogen-bond donors (Lipinski definition) is 1. The normalized spacial score (nSPS) is 18.2. The van der Waals surface area contributed by atoms with Crippen LogP contribution < -0.4 is 5.32 Å². The van der Waals surface area contributed by atoms with E-state index in [1.807, 2.05) is 0 Å². The van der Waals surface area contributed by atoms with Gasteiger partial charge in [-0.1, -0.05) is 11.6 Å². The lowest BCUT2D eigenvalue weighted by atomic mass is 10.0. The van der Waals surface area contributed by atoms with Crippen molar-refractivity contribution in [1.82, 2.24) is 10.2 Å². The van der Waals surface area contributed by atoms with Crippen molar-refractivity contribution in [1.29, 1.82) is 0 Å². The number of alkyl halides is 3. The zero-order chi connectivity index (χ0) is 15.0. The summed E-state index contributed by atoms with van der Waals surface area (Å²) in [4.78, 5) is 2.43. The minimum absolute atomic E-state index is 0.232. The van der Waals surface area contributed by atoms with Crippen molar-refractivity contribution in [3.05, 3.63) is 11.6 Å². The Hall–Kier alpha value is -0.550. The monoisotopic (exact) mass is 292 g/mol. The molecule has 0 aromatic carbocycles. The van der Waals surface area contributed by atoms with Crippen molar-refractivity contribution in [2.75, 3.05) is 26.2 Å². The maximum atomic E-state index is 12.0. The van der Waals surface area contributed by atoms with Crippen molar-refractivity contribution < 1.29 is 13.2 Å². The Balaban J connectivity index is 2.04. The smallest absolute Gasteiger partial charge is 0.314 e. The predicted octanol–water partition coefficient (Wildman–Crippen LogP) is 3.74. The molecule has 0 amide bonds. The summed E-state index contributed by atoms with van der Waals surface area (Å²) in [6.45, 7) is 8.08. The van der Waals surface area contributed by atoms with E-state index < -0.39 is 12.6 Å². The van der Waals surface area contributed by atoms with Gasteiger partial charge in [0.1, 0.15) is 0 Å². The zero-order valence-corrected chi connectivity index (χ0v) is 12.6. The van der Waals surface area contributed by atoms with E-state index in [0.29, 0.717) is 19.0 Å². The number of nitrogens with zero attached hydrogens (tertiary/aromatic N) is 1. The van der Waals surface area contributed by atoms with E-state index in [9.17, 15) is 13.2 Å². The molecule has 1 N–H and O–H groups in total. The molecular formula is C15H27F3N2. The van der Waals surface area contributed by atoms with E-state index in [1.54, 1.807) is 0 Å². The molecule has 0 bridgehead atoms.